The number of carbonyl (C=O) groups is 1. The molecule has 0 amide bonds. The molecule has 0 fully saturated rings. The molecule has 1 aliphatic heterocycles. The molecule has 1 N–H and O–H groups in total. The van der Waals surface area contributed by atoms with Crippen molar-refractivity contribution in [2.24, 2.45) is 0 Å². The summed E-state index contributed by atoms with van der Waals surface area (Å²) < 4.78 is 2.73. The second-order valence-corrected chi connectivity index (χ2v) is 14.3. The number of carbonyl (C=O) groups excluding carboxylic acids is 1. The molecule has 0 aliphatic carbocycles. The van der Waals surface area contributed by atoms with Crippen molar-refractivity contribution < 1.29 is 30.0 Å². The van der Waals surface area contributed by atoms with Gasteiger partial charge in [-0.2, -0.15) is 11.3 Å². The van der Waals surface area contributed by atoms with Gasteiger partial charge in [-0.3, -0.25) is 4.79 Å². The number of ketones is 1. The van der Waals surface area contributed by atoms with E-state index in [1.165, 1.54) is 66.8 Å². The summed E-state index contributed by atoms with van der Waals surface area (Å²) in [4.78, 5) is 15.0. The second-order valence-electron chi connectivity index (χ2n) is 8.96. The zero-order valence-electron chi connectivity index (χ0n) is 19.4. The van der Waals surface area contributed by atoms with E-state index in [-0.39, 0.29) is 31.6 Å². The van der Waals surface area contributed by atoms with Crippen LogP contribution in [0.4, 0.5) is 0 Å². The van der Waals surface area contributed by atoms with Gasteiger partial charge in [-0.15, -0.1) is 23.8 Å². The summed E-state index contributed by atoms with van der Waals surface area (Å²) in [5.41, 5.74) is 2.32. The maximum atomic E-state index is 10.0. The SMILES string of the molecule is CC(=O)/C=C(/C)O.C[Si]1(C)c2c(ncc3ccccc23)-c2[c-]ccc3sc4cccc1c4c23.[Ir]. The van der Waals surface area contributed by atoms with Crippen molar-refractivity contribution in [3.8, 4) is 11.3 Å². The fourth-order valence-electron chi connectivity index (χ4n) is 4.93. The molecule has 5 aromatic rings. The fourth-order valence-corrected chi connectivity index (χ4v) is 9.51. The number of hydrogen-bond donors (Lipinski definition) is 1. The first-order valence-electron chi connectivity index (χ1n) is 10.9. The molecule has 173 valence electrons. The van der Waals surface area contributed by atoms with Crippen LogP contribution in [0, 0.1) is 6.07 Å². The molecule has 1 radical (unpaired) electrons. The van der Waals surface area contributed by atoms with E-state index < -0.39 is 8.07 Å². The Morgan fingerprint density at radius 1 is 1.03 bits per heavy atom. The molecule has 0 saturated heterocycles. The summed E-state index contributed by atoms with van der Waals surface area (Å²) in [6.07, 6.45) is 3.20. The van der Waals surface area contributed by atoms with E-state index >= 15 is 0 Å². The zero-order chi connectivity index (χ0) is 23.3. The summed E-state index contributed by atoms with van der Waals surface area (Å²) in [5.74, 6) is -0.0625. The second kappa shape index (κ2) is 9.20. The van der Waals surface area contributed by atoms with Crippen molar-refractivity contribution in [2.75, 3.05) is 0 Å². The van der Waals surface area contributed by atoms with Gasteiger partial charge in [-0.05, 0) is 46.5 Å². The van der Waals surface area contributed by atoms with E-state index in [0.29, 0.717) is 0 Å². The number of aliphatic hydroxyl groups is 1. The monoisotopic (exact) mass is 659 g/mol. The van der Waals surface area contributed by atoms with E-state index in [9.17, 15) is 4.79 Å². The number of aromatic nitrogens is 1. The van der Waals surface area contributed by atoms with E-state index in [4.69, 9.17) is 10.1 Å². The average molecular weight is 659 g/mol. The molecule has 0 saturated carbocycles. The normalized spacial score (nSPS) is 13.7. The number of fused-ring (bicyclic) bond motifs is 4. The summed E-state index contributed by atoms with van der Waals surface area (Å²) in [6.45, 7) is 7.80. The quantitative estimate of drug-likeness (QED) is 0.100. The molecule has 0 bridgehead atoms. The minimum Gasteiger partial charge on any atom is -0.512 e. The van der Waals surface area contributed by atoms with Crippen molar-refractivity contribution in [3.63, 3.8) is 0 Å². The summed E-state index contributed by atoms with van der Waals surface area (Å²) in [6, 6.07) is 23.4. The molecule has 3 heterocycles. The number of pyridine rings is 1. The number of hydrogen-bond acceptors (Lipinski definition) is 4. The van der Waals surface area contributed by atoms with E-state index in [2.05, 4.69) is 73.8 Å². The van der Waals surface area contributed by atoms with Gasteiger partial charge in [-0.1, -0.05) is 65.3 Å². The van der Waals surface area contributed by atoms with Gasteiger partial charge in [-0.25, -0.2) is 0 Å². The molecule has 3 aromatic carbocycles. The Kier molecular flexibility index (Phi) is 6.62. The number of benzene rings is 3. The maximum absolute atomic E-state index is 10.0. The van der Waals surface area contributed by atoms with Gasteiger partial charge in [0, 0.05) is 37.1 Å². The molecule has 3 nitrogen and oxygen atoms in total. The van der Waals surface area contributed by atoms with Crippen LogP contribution in [0.15, 0.2) is 72.6 Å². The van der Waals surface area contributed by atoms with Crippen molar-refractivity contribution in [2.45, 2.75) is 26.9 Å². The van der Waals surface area contributed by atoms with Gasteiger partial charge in [0.25, 0.3) is 0 Å². The molecule has 6 rings (SSSR count). The third kappa shape index (κ3) is 3.95. The van der Waals surface area contributed by atoms with Crippen LogP contribution >= 0.6 is 11.3 Å². The zero-order valence-corrected chi connectivity index (χ0v) is 23.6. The van der Waals surface area contributed by atoms with E-state index in [0.717, 1.165) is 5.69 Å². The van der Waals surface area contributed by atoms with Crippen LogP contribution in [0.5, 0.6) is 0 Å². The van der Waals surface area contributed by atoms with E-state index in [1.54, 1.807) is 0 Å². The third-order valence-electron chi connectivity index (χ3n) is 6.20. The number of allylic oxidation sites excluding steroid dienone is 2. The van der Waals surface area contributed by atoms with Gasteiger partial charge in [0.1, 0.15) is 8.07 Å². The predicted octanol–water partition coefficient (Wildman–Crippen LogP) is 6.24. The van der Waals surface area contributed by atoms with Crippen LogP contribution in [0.3, 0.4) is 0 Å². The Balaban J connectivity index is 0.000000303. The fraction of sp³-hybridized carbons (Fsp3) is 0.143. The maximum Gasteiger partial charge on any atom is 0.155 e. The summed E-state index contributed by atoms with van der Waals surface area (Å²) in [5, 5.41) is 16.7. The molecule has 0 unspecified atom stereocenters. The molecule has 0 atom stereocenters. The summed E-state index contributed by atoms with van der Waals surface area (Å²) >= 11 is 1.89. The summed E-state index contributed by atoms with van der Waals surface area (Å²) in [7, 11) is -1.94. The minimum absolute atomic E-state index is 0. The predicted molar refractivity (Wildman–Crippen MR) is 143 cm³/mol. The van der Waals surface area contributed by atoms with Crippen LogP contribution in [-0.2, 0) is 24.9 Å². The topological polar surface area (TPSA) is 50.2 Å². The smallest absolute Gasteiger partial charge is 0.155 e. The molecule has 2 aromatic heterocycles. The molecule has 34 heavy (non-hydrogen) atoms. The minimum atomic E-state index is -1.94. The standard InChI is InChI=1S/C23H16NSSi.C5H8O2.Ir/c1-26(2)19-12-6-11-18-21(19)20-16(9-5-10-17(20)25-18)22-23(26)15-8-4-3-7-14(15)13-24-22;1-4(6)3-5(2)7;/h3-8,10-13H,1-2H3;3,6H,1-2H3;/q-1;;/b;4-3-;. The van der Waals surface area contributed by atoms with Crippen molar-refractivity contribution in [1.82, 2.24) is 4.98 Å². The van der Waals surface area contributed by atoms with E-state index in [1.807, 2.05) is 17.5 Å². The molecule has 6 heteroatoms. The first kappa shape index (κ1) is 24.5. The largest absolute Gasteiger partial charge is 0.512 e. The first-order valence-corrected chi connectivity index (χ1v) is 14.7. The first-order chi connectivity index (χ1) is 15.8. The van der Waals surface area contributed by atoms with Crippen LogP contribution in [0.1, 0.15) is 13.8 Å². The van der Waals surface area contributed by atoms with Crippen molar-refractivity contribution in [1.29, 1.82) is 0 Å². The number of aliphatic hydroxyl groups excluding tert-OH is 1. The number of rotatable bonds is 1. The van der Waals surface area contributed by atoms with Crippen LogP contribution < -0.4 is 10.4 Å². The van der Waals surface area contributed by atoms with Crippen molar-refractivity contribution in [3.05, 3.63) is 78.7 Å². The number of nitrogens with zero attached hydrogens (tertiary/aromatic N) is 1. The molecular weight excluding hydrogens is 635 g/mol. The van der Waals surface area contributed by atoms with Gasteiger partial charge >= 0.3 is 0 Å². The van der Waals surface area contributed by atoms with Crippen molar-refractivity contribution >= 4 is 66.5 Å². The van der Waals surface area contributed by atoms with Crippen LogP contribution in [-0.4, -0.2) is 23.9 Å². The molecule has 1 aliphatic rings. The molecule has 0 spiro atoms. The Hall–Kier alpha value is -2.63. The average Bonchev–Trinajstić information content (AvgIpc) is 3.12. The van der Waals surface area contributed by atoms with Gasteiger partial charge < -0.3 is 10.1 Å². The molecular formula is C28H24IrNO2SSi-. The Bertz CT molecular complexity index is 1600. The Morgan fingerprint density at radius 2 is 1.76 bits per heavy atom. The Morgan fingerprint density at radius 3 is 2.47 bits per heavy atom. The van der Waals surface area contributed by atoms with Gasteiger partial charge in [0.2, 0.25) is 0 Å². The Labute approximate surface area is 217 Å². The van der Waals surface area contributed by atoms with Gasteiger partial charge in [0.05, 0.1) is 5.76 Å². The van der Waals surface area contributed by atoms with Crippen LogP contribution in [0.2, 0.25) is 13.1 Å². The third-order valence-corrected chi connectivity index (χ3v) is 10.8. The number of thiophene rings is 1. The van der Waals surface area contributed by atoms with Gasteiger partial charge in [0.15, 0.2) is 5.78 Å². The van der Waals surface area contributed by atoms with Crippen LogP contribution in [0.25, 0.3) is 42.2 Å².